The lowest BCUT2D eigenvalue weighted by Crippen LogP contribution is -2.18. The van der Waals surface area contributed by atoms with Gasteiger partial charge in [0, 0.05) is 20.1 Å². The molecule has 0 N–H and O–H groups in total. The zero-order valence-corrected chi connectivity index (χ0v) is 16.7. The second kappa shape index (κ2) is 9.87. The number of hydrogen-bond donors (Lipinski definition) is 0. The third-order valence-corrected chi connectivity index (χ3v) is 4.82. The fourth-order valence-corrected chi connectivity index (χ4v) is 3.19. The monoisotopic (exact) mass is 389 g/mol. The van der Waals surface area contributed by atoms with E-state index in [0.717, 1.165) is 30.4 Å². The predicted octanol–water partition coefficient (Wildman–Crippen LogP) is 4.86. The molecule has 1 aliphatic rings. The molecule has 1 aliphatic heterocycles. The molecule has 0 radical (unpaired) electrons. The van der Waals surface area contributed by atoms with Gasteiger partial charge in [-0.3, -0.25) is 4.84 Å². The van der Waals surface area contributed by atoms with Crippen LogP contribution in [0, 0.1) is 5.82 Å². The molecule has 0 aromatic heterocycles. The van der Waals surface area contributed by atoms with Gasteiger partial charge in [0.1, 0.15) is 12.4 Å². The highest BCUT2D eigenvalue weighted by molar-refractivity contribution is 5.44. The lowest BCUT2D eigenvalue weighted by atomic mass is 10.0. The number of benzene rings is 2. The lowest BCUT2D eigenvalue weighted by Gasteiger charge is -2.19. The van der Waals surface area contributed by atoms with Crippen molar-refractivity contribution in [3.63, 3.8) is 0 Å². The number of hydrogen-bond acceptors (Lipinski definition) is 5. The first-order valence-corrected chi connectivity index (χ1v) is 9.67. The SMILES string of the molecule is CCCCO[C@@H]1C[C@@H](c2ccc(OCc3ccc(F)cc3)c(OC)c2)N(C)O1. The highest BCUT2D eigenvalue weighted by atomic mass is 19.1. The summed E-state index contributed by atoms with van der Waals surface area (Å²) in [5.74, 6) is 1.04. The summed E-state index contributed by atoms with van der Waals surface area (Å²) >= 11 is 0. The summed E-state index contributed by atoms with van der Waals surface area (Å²) in [6.07, 6.45) is 2.67. The first kappa shape index (κ1) is 20.6. The van der Waals surface area contributed by atoms with Crippen LogP contribution in [0.5, 0.6) is 11.5 Å². The van der Waals surface area contributed by atoms with Gasteiger partial charge in [-0.15, -0.1) is 0 Å². The van der Waals surface area contributed by atoms with Crippen LogP contribution in [0.15, 0.2) is 42.5 Å². The summed E-state index contributed by atoms with van der Waals surface area (Å²) in [4.78, 5) is 5.80. The van der Waals surface area contributed by atoms with Gasteiger partial charge in [0.15, 0.2) is 17.8 Å². The fraction of sp³-hybridized carbons (Fsp3) is 0.455. The van der Waals surface area contributed by atoms with Crippen molar-refractivity contribution in [2.45, 2.75) is 45.1 Å². The Morgan fingerprint density at radius 2 is 1.93 bits per heavy atom. The van der Waals surface area contributed by atoms with Gasteiger partial charge in [-0.2, -0.15) is 5.06 Å². The molecule has 1 saturated heterocycles. The van der Waals surface area contributed by atoms with E-state index >= 15 is 0 Å². The van der Waals surface area contributed by atoms with Crippen molar-refractivity contribution in [1.82, 2.24) is 5.06 Å². The highest BCUT2D eigenvalue weighted by Crippen LogP contribution is 2.37. The smallest absolute Gasteiger partial charge is 0.179 e. The van der Waals surface area contributed by atoms with Gasteiger partial charge in [0.2, 0.25) is 0 Å². The molecule has 2 atom stereocenters. The second-order valence-electron chi connectivity index (χ2n) is 6.88. The number of halogens is 1. The van der Waals surface area contributed by atoms with Crippen molar-refractivity contribution in [2.24, 2.45) is 0 Å². The van der Waals surface area contributed by atoms with E-state index in [0.29, 0.717) is 24.7 Å². The van der Waals surface area contributed by atoms with Crippen LogP contribution in [0.1, 0.15) is 43.4 Å². The maximum absolute atomic E-state index is 13.0. The topological polar surface area (TPSA) is 40.2 Å². The molecule has 3 rings (SSSR count). The molecule has 1 fully saturated rings. The predicted molar refractivity (Wildman–Crippen MR) is 105 cm³/mol. The van der Waals surface area contributed by atoms with E-state index in [9.17, 15) is 4.39 Å². The molecule has 2 aromatic carbocycles. The maximum Gasteiger partial charge on any atom is 0.179 e. The zero-order chi connectivity index (χ0) is 19.9. The van der Waals surface area contributed by atoms with Gasteiger partial charge in [0.25, 0.3) is 0 Å². The summed E-state index contributed by atoms with van der Waals surface area (Å²) < 4.78 is 30.2. The zero-order valence-electron chi connectivity index (χ0n) is 16.7. The van der Waals surface area contributed by atoms with Gasteiger partial charge in [-0.05, 0) is 41.8 Å². The summed E-state index contributed by atoms with van der Waals surface area (Å²) in [7, 11) is 3.54. The van der Waals surface area contributed by atoms with Gasteiger partial charge in [0.05, 0.1) is 13.2 Å². The molecule has 0 unspecified atom stereocenters. The van der Waals surface area contributed by atoms with E-state index in [4.69, 9.17) is 19.0 Å². The second-order valence-corrected chi connectivity index (χ2v) is 6.88. The van der Waals surface area contributed by atoms with Crippen molar-refractivity contribution in [3.8, 4) is 11.5 Å². The minimum atomic E-state index is -0.259. The largest absolute Gasteiger partial charge is 0.493 e. The van der Waals surface area contributed by atoms with Gasteiger partial charge >= 0.3 is 0 Å². The molecular weight excluding hydrogens is 361 g/mol. The highest BCUT2D eigenvalue weighted by Gasteiger charge is 2.33. The minimum Gasteiger partial charge on any atom is -0.493 e. The summed E-state index contributed by atoms with van der Waals surface area (Å²) in [6, 6.07) is 12.2. The van der Waals surface area contributed by atoms with Gasteiger partial charge < -0.3 is 14.2 Å². The van der Waals surface area contributed by atoms with Gasteiger partial charge in [-0.25, -0.2) is 4.39 Å². The van der Waals surface area contributed by atoms with Crippen molar-refractivity contribution in [2.75, 3.05) is 20.8 Å². The Bertz CT molecular complexity index is 753. The van der Waals surface area contributed by atoms with Crippen molar-refractivity contribution in [1.29, 1.82) is 0 Å². The first-order valence-electron chi connectivity index (χ1n) is 9.67. The van der Waals surface area contributed by atoms with Crippen molar-refractivity contribution >= 4 is 0 Å². The Morgan fingerprint density at radius 3 is 2.64 bits per heavy atom. The van der Waals surface area contributed by atoms with Crippen LogP contribution in [0.3, 0.4) is 0 Å². The molecular formula is C22H28FNO4. The Hall–Kier alpha value is -2.15. The van der Waals surface area contributed by atoms with E-state index in [2.05, 4.69) is 6.92 Å². The third-order valence-electron chi connectivity index (χ3n) is 4.82. The Morgan fingerprint density at radius 1 is 1.14 bits per heavy atom. The number of methoxy groups -OCH3 is 1. The number of rotatable bonds is 9. The quantitative estimate of drug-likeness (QED) is 0.573. The molecule has 0 amide bonds. The average Bonchev–Trinajstić information content (AvgIpc) is 3.08. The first-order chi connectivity index (χ1) is 13.6. The molecule has 0 spiro atoms. The molecule has 152 valence electrons. The lowest BCUT2D eigenvalue weighted by molar-refractivity contribution is -0.229. The number of hydroxylamine groups is 2. The molecule has 6 heteroatoms. The van der Waals surface area contributed by atoms with E-state index < -0.39 is 0 Å². The summed E-state index contributed by atoms with van der Waals surface area (Å²) in [6.45, 7) is 3.19. The third kappa shape index (κ3) is 5.22. The average molecular weight is 389 g/mol. The number of unbranched alkanes of at least 4 members (excludes halogenated alkanes) is 1. The van der Waals surface area contributed by atoms with Crippen LogP contribution in [-0.2, 0) is 16.2 Å². The van der Waals surface area contributed by atoms with Crippen LogP contribution in [0.25, 0.3) is 0 Å². The minimum absolute atomic E-state index is 0.0895. The van der Waals surface area contributed by atoms with Crippen molar-refractivity contribution in [3.05, 3.63) is 59.4 Å². The summed E-state index contributed by atoms with van der Waals surface area (Å²) in [5, 5.41) is 1.84. The summed E-state index contributed by atoms with van der Waals surface area (Å²) in [5.41, 5.74) is 1.97. The van der Waals surface area contributed by atoms with Crippen LogP contribution in [-0.4, -0.2) is 32.1 Å². The Labute approximate surface area is 165 Å². The van der Waals surface area contributed by atoms with Gasteiger partial charge in [-0.1, -0.05) is 31.5 Å². The molecule has 28 heavy (non-hydrogen) atoms. The molecule has 2 aromatic rings. The molecule has 0 bridgehead atoms. The van der Waals surface area contributed by atoms with E-state index in [1.165, 1.54) is 12.1 Å². The number of ether oxygens (including phenoxy) is 3. The van der Waals surface area contributed by atoms with Crippen molar-refractivity contribution < 1.29 is 23.4 Å². The van der Waals surface area contributed by atoms with E-state index in [1.807, 2.05) is 30.3 Å². The van der Waals surface area contributed by atoms with E-state index in [-0.39, 0.29) is 18.1 Å². The van der Waals surface area contributed by atoms with Crippen LogP contribution in [0.4, 0.5) is 4.39 Å². The normalized spacial score (nSPS) is 19.7. The number of nitrogens with zero attached hydrogens (tertiary/aromatic N) is 1. The van der Waals surface area contributed by atoms with Crippen LogP contribution in [0.2, 0.25) is 0 Å². The van der Waals surface area contributed by atoms with Crippen LogP contribution < -0.4 is 9.47 Å². The van der Waals surface area contributed by atoms with Crippen LogP contribution >= 0.6 is 0 Å². The maximum atomic E-state index is 13.0. The molecule has 0 saturated carbocycles. The molecule has 0 aliphatic carbocycles. The van der Waals surface area contributed by atoms with E-state index in [1.54, 1.807) is 19.2 Å². The Kier molecular flexibility index (Phi) is 7.25. The Balaban J connectivity index is 1.64. The fourth-order valence-electron chi connectivity index (χ4n) is 3.19. The molecule has 1 heterocycles. The standard InChI is InChI=1S/C22H28FNO4/c1-4-5-12-26-22-14-19(24(2)28-22)17-8-11-20(21(13-17)25-3)27-15-16-6-9-18(23)10-7-16/h6-11,13,19,22H,4-5,12,14-15H2,1-3H3/t19-,22-/m0/s1. The molecule has 5 nitrogen and oxygen atoms in total.